The third-order valence-electron chi connectivity index (χ3n) is 6.08. The van der Waals surface area contributed by atoms with Crippen LogP contribution >= 0.6 is 0 Å². The molecule has 1 aliphatic heterocycles. The van der Waals surface area contributed by atoms with Gasteiger partial charge in [0.25, 0.3) is 0 Å². The first-order valence-corrected chi connectivity index (χ1v) is 10.6. The predicted molar refractivity (Wildman–Crippen MR) is 110 cm³/mol. The number of nitrogens with one attached hydrogen (secondary N) is 1. The summed E-state index contributed by atoms with van der Waals surface area (Å²) in [7, 11) is 2.15. The minimum Gasteiger partial charge on any atom is -0.492 e. The van der Waals surface area contributed by atoms with Crippen molar-refractivity contribution in [2.75, 3.05) is 33.4 Å². The van der Waals surface area contributed by atoms with Gasteiger partial charge in [-0.3, -0.25) is 9.69 Å². The number of hydrogen-bond acceptors (Lipinski definition) is 5. The SMILES string of the molecule is CN(CCOc1cccc(CNC(=O)C[C@@H]2CCC[C@H]2N)c1)C1CCOCC1. The zero-order valence-electron chi connectivity index (χ0n) is 17.1. The highest BCUT2D eigenvalue weighted by Crippen LogP contribution is 2.26. The Morgan fingerprint density at radius 2 is 2.11 bits per heavy atom. The lowest BCUT2D eigenvalue weighted by Gasteiger charge is -2.31. The summed E-state index contributed by atoms with van der Waals surface area (Å²) in [5.74, 6) is 1.28. The molecule has 2 aliphatic rings. The van der Waals surface area contributed by atoms with Crippen LogP contribution in [0.5, 0.6) is 5.75 Å². The molecule has 0 unspecified atom stereocenters. The van der Waals surface area contributed by atoms with Gasteiger partial charge >= 0.3 is 0 Å². The monoisotopic (exact) mass is 389 g/mol. The zero-order valence-corrected chi connectivity index (χ0v) is 17.1. The van der Waals surface area contributed by atoms with E-state index in [9.17, 15) is 4.79 Å². The fourth-order valence-corrected chi connectivity index (χ4v) is 4.19. The summed E-state index contributed by atoms with van der Waals surface area (Å²) >= 11 is 0. The van der Waals surface area contributed by atoms with Crippen LogP contribution in [0.25, 0.3) is 0 Å². The summed E-state index contributed by atoms with van der Waals surface area (Å²) in [5, 5.41) is 3.02. The van der Waals surface area contributed by atoms with E-state index in [4.69, 9.17) is 15.2 Å². The molecule has 2 atom stereocenters. The van der Waals surface area contributed by atoms with Gasteiger partial charge in [0.2, 0.25) is 5.91 Å². The molecule has 3 N–H and O–H groups in total. The second-order valence-electron chi connectivity index (χ2n) is 8.16. The quantitative estimate of drug-likeness (QED) is 0.678. The maximum absolute atomic E-state index is 12.2. The van der Waals surface area contributed by atoms with E-state index < -0.39 is 0 Å². The molecule has 1 aromatic rings. The molecule has 1 aromatic carbocycles. The van der Waals surface area contributed by atoms with Crippen LogP contribution in [-0.2, 0) is 16.1 Å². The van der Waals surface area contributed by atoms with Gasteiger partial charge in [-0.2, -0.15) is 0 Å². The molecule has 1 amide bonds. The van der Waals surface area contributed by atoms with Gasteiger partial charge in [-0.05, 0) is 56.3 Å². The number of ether oxygens (including phenoxy) is 2. The van der Waals surface area contributed by atoms with Crippen molar-refractivity contribution in [3.63, 3.8) is 0 Å². The van der Waals surface area contributed by atoms with E-state index in [1.807, 2.05) is 24.3 Å². The first kappa shape index (κ1) is 21.1. The van der Waals surface area contributed by atoms with Crippen molar-refractivity contribution in [2.45, 2.75) is 57.2 Å². The Morgan fingerprint density at radius 1 is 1.29 bits per heavy atom. The minimum atomic E-state index is 0.0896. The van der Waals surface area contributed by atoms with Crippen LogP contribution in [0, 0.1) is 5.92 Å². The number of benzene rings is 1. The Hall–Kier alpha value is -1.63. The molecule has 1 aliphatic carbocycles. The highest BCUT2D eigenvalue weighted by molar-refractivity contribution is 5.76. The fraction of sp³-hybridized carbons (Fsp3) is 0.682. The van der Waals surface area contributed by atoms with E-state index in [0.717, 1.165) is 63.2 Å². The fourth-order valence-electron chi connectivity index (χ4n) is 4.19. The van der Waals surface area contributed by atoms with Crippen molar-refractivity contribution in [1.82, 2.24) is 10.2 Å². The third kappa shape index (κ3) is 6.47. The van der Waals surface area contributed by atoms with Crippen LogP contribution in [0.2, 0.25) is 0 Å². The summed E-state index contributed by atoms with van der Waals surface area (Å²) in [6.45, 7) is 3.79. The average Bonchev–Trinajstić information content (AvgIpc) is 3.12. The first-order chi connectivity index (χ1) is 13.6. The molecule has 0 bridgehead atoms. The second-order valence-corrected chi connectivity index (χ2v) is 8.16. The van der Waals surface area contributed by atoms with Gasteiger partial charge in [0.1, 0.15) is 12.4 Å². The number of rotatable bonds is 9. The molecular formula is C22H35N3O3. The number of hydrogen-bond donors (Lipinski definition) is 2. The van der Waals surface area contributed by atoms with E-state index in [1.165, 1.54) is 0 Å². The summed E-state index contributed by atoms with van der Waals surface area (Å²) in [6.07, 6.45) is 5.98. The largest absolute Gasteiger partial charge is 0.492 e. The Morgan fingerprint density at radius 3 is 2.86 bits per heavy atom. The van der Waals surface area contributed by atoms with Gasteiger partial charge in [-0.1, -0.05) is 18.6 Å². The number of carbonyl (C=O) groups excluding carboxylic acids is 1. The molecule has 6 nitrogen and oxygen atoms in total. The zero-order chi connectivity index (χ0) is 19.8. The summed E-state index contributed by atoms with van der Waals surface area (Å²) in [4.78, 5) is 14.5. The van der Waals surface area contributed by atoms with Crippen molar-refractivity contribution < 1.29 is 14.3 Å². The van der Waals surface area contributed by atoms with E-state index in [0.29, 0.717) is 31.5 Å². The predicted octanol–water partition coefficient (Wildman–Crippen LogP) is 2.31. The van der Waals surface area contributed by atoms with Crippen LogP contribution in [0.4, 0.5) is 0 Å². The van der Waals surface area contributed by atoms with E-state index in [2.05, 4.69) is 17.3 Å². The van der Waals surface area contributed by atoms with Crippen molar-refractivity contribution in [2.24, 2.45) is 11.7 Å². The van der Waals surface area contributed by atoms with Crippen LogP contribution in [-0.4, -0.2) is 56.3 Å². The van der Waals surface area contributed by atoms with E-state index in [1.54, 1.807) is 0 Å². The molecule has 6 heteroatoms. The molecule has 2 fully saturated rings. The van der Waals surface area contributed by atoms with Gasteiger partial charge in [0.15, 0.2) is 0 Å². The average molecular weight is 390 g/mol. The molecule has 1 saturated carbocycles. The van der Waals surface area contributed by atoms with Gasteiger partial charge in [-0.25, -0.2) is 0 Å². The van der Waals surface area contributed by atoms with Crippen LogP contribution in [0.3, 0.4) is 0 Å². The number of likely N-dealkylation sites (N-methyl/N-ethyl adjacent to an activating group) is 1. The Bertz CT molecular complexity index is 619. The molecule has 28 heavy (non-hydrogen) atoms. The number of amides is 1. The third-order valence-corrected chi connectivity index (χ3v) is 6.08. The van der Waals surface area contributed by atoms with Crippen molar-refractivity contribution in [1.29, 1.82) is 0 Å². The van der Waals surface area contributed by atoms with E-state index in [-0.39, 0.29) is 11.9 Å². The molecule has 0 spiro atoms. The molecule has 1 saturated heterocycles. The van der Waals surface area contributed by atoms with Gasteiger partial charge in [0, 0.05) is 44.8 Å². The topological polar surface area (TPSA) is 76.8 Å². The standard InChI is InChI=1S/C22H35N3O3/c1-25(19-8-11-27-12-9-19)10-13-28-20-6-2-4-17(14-20)16-24-22(26)15-18-5-3-7-21(18)23/h2,4,6,14,18-19,21H,3,5,7-13,15-16,23H2,1H3,(H,24,26)/t18-,21+/m0/s1. The van der Waals surface area contributed by atoms with Crippen molar-refractivity contribution in [3.05, 3.63) is 29.8 Å². The lowest BCUT2D eigenvalue weighted by molar-refractivity contribution is -0.122. The minimum absolute atomic E-state index is 0.0896. The second kappa shape index (κ2) is 10.8. The van der Waals surface area contributed by atoms with Crippen molar-refractivity contribution in [3.8, 4) is 5.75 Å². The first-order valence-electron chi connectivity index (χ1n) is 10.6. The molecule has 156 valence electrons. The smallest absolute Gasteiger partial charge is 0.220 e. The number of nitrogens with zero attached hydrogens (tertiary/aromatic N) is 1. The molecule has 3 rings (SSSR count). The summed E-state index contributed by atoms with van der Waals surface area (Å²) < 4.78 is 11.4. The normalized spacial score (nSPS) is 23.1. The Labute approximate surface area is 168 Å². The summed E-state index contributed by atoms with van der Waals surface area (Å²) in [6, 6.07) is 8.75. The maximum atomic E-state index is 12.2. The lowest BCUT2D eigenvalue weighted by atomic mass is 10.00. The Kier molecular flexibility index (Phi) is 8.13. The molecule has 1 heterocycles. The lowest BCUT2D eigenvalue weighted by Crippen LogP contribution is -2.38. The van der Waals surface area contributed by atoms with Gasteiger partial charge < -0.3 is 20.5 Å². The van der Waals surface area contributed by atoms with E-state index >= 15 is 0 Å². The summed E-state index contributed by atoms with van der Waals surface area (Å²) in [5.41, 5.74) is 7.12. The van der Waals surface area contributed by atoms with Crippen LogP contribution < -0.4 is 15.8 Å². The molecule has 0 radical (unpaired) electrons. The Balaban J connectivity index is 1.37. The van der Waals surface area contributed by atoms with Gasteiger partial charge in [0.05, 0.1) is 0 Å². The molecular weight excluding hydrogens is 354 g/mol. The number of nitrogens with two attached hydrogens (primary N) is 1. The number of carbonyl (C=O) groups is 1. The van der Waals surface area contributed by atoms with Crippen LogP contribution in [0.15, 0.2) is 24.3 Å². The molecule has 0 aromatic heterocycles. The maximum Gasteiger partial charge on any atom is 0.220 e. The highest BCUT2D eigenvalue weighted by Gasteiger charge is 2.25. The highest BCUT2D eigenvalue weighted by atomic mass is 16.5. The van der Waals surface area contributed by atoms with Gasteiger partial charge in [-0.15, -0.1) is 0 Å². The van der Waals surface area contributed by atoms with Crippen LogP contribution in [0.1, 0.15) is 44.1 Å². The van der Waals surface area contributed by atoms with Crippen molar-refractivity contribution >= 4 is 5.91 Å².